The predicted octanol–water partition coefficient (Wildman–Crippen LogP) is 2.28. The second-order valence-electron chi connectivity index (χ2n) is 6.83. The average molecular weight is 423 g/mol. The van der Waals surface area contributed by atoms with E-state index >= 15 is 0 Å². The van der Waals surface area contributed by atoms with Gasteiger partial charge in [-0.15, -0.1) is 11.3 Å². The molecule has 1 aromatic carbocycles. The minimum Gasteiger partial charge on any atom is -0.486 e. The first-order chi connectivity index (χ1) is 13.4. The van der Waals surface area contributed by atoms with E-state index in [4.69, 9.17) is 9.47 Å². The van der Waals surface area contributed by atoms with Crippen LogP contribution in [0.15, 0.2) is 29.2 Å². The van der Waals surface area contributed by atoms with Crippen molar-refractivity contribution in [3.05, 3.63) is 39.6 Å². The number of hydrogen-bond donors (Lipinski definition) is 0. The average Bonchev–Trinajstić information content (AvgIpc) is 3.05. The van der Waals surface area contributed by atoms with E-state index in [1.165, 1.54) is 16.4 Å². The second kappa shape index (κ2) is 7.38. The summed E-state index contributed by atoms with van der Waals surface area (Å²) in [4.78, 5) is 16.8. The van der Waals surface area contributed by atoms with Crippen LogP contribution in [0.1, 0.15) is 20.1 Å². The van der Waals surface area contributed by atoms with Crippen LogP contribution >= 0.6 is 11.3 Å². The van der Waals surface area contributed by atoms with Crippen molar-refractivity contribution in [2.75, 3.05) is 39.4 Å². The summed E-state index contributed by atoms with van der Waals surface area (Å²) in [6.07, 6.45) is 0. The fourth-order valence-corrected chi connectivity index (χ4v) is 5.83. The van der Waals surface area contributed by atoms with E-state index in [9.17, 15) is 13.2 Å². The van der Waals surface area contributed by atoms with Crippen LogP contribution in [0.5, 0.6) is 11.5 Å². The quantitative estimate of drug-likeness (QED) is 0.759. The lowest BCUT2D eigenvalue weighted by atomic mass is 10.2. The maximum atomic E-state index is 13.0. The number of thiophene rings is 1. The van der Waals surface area contributed by atoms with Crippen molar-refractivity contribution in [1.82, 2.24) is 9.21 Å². The Balaban J connectivity index is 1.47. The van der Waals surface area contributed by atoms with E-state index in [2.05, 4.69) is 0 Å². The fourth-order valence-electron chi connectivity index (χ4n) is 3.48. The lowest BCUT2D eigenvalue weighted by Gasteiger charge is -2.34. The number of amides is 1. The highest BCUT2D eigenvalue weighted by molar-refractivity contribution is 7.89. The maximum absolute atomic E-state index is 13.0. The van der Waals surface area contributed by atoms with Gasteiger partial charge in [0.05, 0.1) is 10.5 Å². The summed E-state index contributed by atoms with van der Waals surface area (Å²) < 4.78 is 38.4. The first-order valence-electron chi connectivity index (χ1n) is 9.12. The number of hydrogen-bond acceptors (Lipinski definition) is 6. The summed E-state index contributed by atoms with van der Waals surface area (Å²) in [7, 11) is -3.65. The molecule has 0 bridgehead atoms. The Morgan fingerprint density at radius 3 is 2.32 bits per heavy atom. The van der Waals surface area contributed by atoms with Crippen LogP contribution in [0.25, 0.3) is 0 Å². The second-order valence-corrected chi connectivity index (χ2v) is 10.2. The number of ether oxygens (including phenoxy) is 2. The summed E-state index contributed by atoms with van der Waals surface area (Å²) in [6.45, 7) is 6.06. The molecule has 1 amide bonds. The van der Waals surface area contributed by atoms with Crippen molar-refractivity contribution < 1.29 is 22.7 Å². The van der Waals surface area contributed by atoms with Gasteiger partial charge in [0.2, 0.25) is 10.0 Å². The SMILES string of the molecule is Cc1cc(C(=O)N2CCN(S(=O)(=O)c3ccc4c(c3)OCCO4)CC2)c(C)s1. The molecule has 2 aliphatic heterocycles. The fraction of sp³-hybridized carbons (Fsp3) is 0.421. The number of carbonyl (C=O) groups excluding carboxylic acids is 1. The number of aryl methyl sites for hydroxylation is 2. The van der Waals surface area contributed by atoms with Crippen LogP contribution in [-0.4, -0.2) is 62.9 Å². The Kier molecular flexibility index (Phi) is 5.07. The molecule has 9 heteroatoms. The van der Waals surface area contributed by atoms with Crippen molar-refractivity contribution in [3.8, 4) is 11.5 Å². The number of piperazine rings is 1. The molecule has 1 saturated heterocycles. The van der Waals surface area contributed by atoms with Crippen molar-refractivity contribution in [2.45, 2.75) is 18.7 Å². The molecule has 2 aliphatic rings. The molecule has 7 nitrogen and oxygen atoms in total. The lowest BCUT2D eigenvalue weighted by molar-refractivity contribution is 0.0697. The Morgan fingerprint density at radius 1 is 1.00 bits per heavy atom. The summed E-state index contributed by atoms with van der Waals surface area (Å²) in [6, 6.07) is 6.58. The van der Waals surface area contributed by atoms with Gasteiger partial charge in [0.15, 0.2) is 11.5 Å². The van der Waals surface area contributed by atoms with Crippen molar-refractivity contribution in [1.29, 1.82) is 0 Å². The highest BCUT2D eigenvalue weighted by atomic mass is 32.2. The lowest BCUT2D eigenvalue weighted by Crippen LogP contribution is -2.50. The zero-order chi connectivity index (χ0) is 19.9. The summed E-state index contributed by atoms with van der Waals surface area (Å²) >= 11 is 1.60. The van der Waals surface area contributed by atoms with Gasteiger partial charge < -0.3 is 14.4 Å². The van der Waals surface area contributed by atoms with Gasteiger partial charge in [0.25, 0.3) is 5.91 Å². The molecule has 0 aliphatic carbocycles. The molecule has 28 heavy (non-hydrogen) atoms. The third kappa shape index (κ3) is 3.49. The molecule has 2 aromatic rings. The van der Waals surface area contributed by atoms with Gasteiger partial charge in [0.1, 0.15) is 13.2 Å². The van der Waals surface area contributed by atoms with E-state index in [0.29, 0.717) is 43.4 Å². The predicted molar refractivity (Wildman–Crippen MR) is 106 cm³/mol. The smallest absolute Gasteiger partial charge is 0.255 e. The van der Waals surface area contributed by atoms with Gasteiger partial charge in [-0.25, -0.2) is 8.42 Å². The van der Waals surface area contributed by atoms with Crippen LogP contribution in [-0.2, 0) is 10.0 Å². The minimum atomic E-state index is -3.65. The third-order valence-electron chi connectivity index (χ3n) is 4.95. The molecule has 0 radical (unpaired) electrons. The van der Waals surface area contributed by atoms with Gasteiger partial charge in [-0.05, 0) is 32.0 Å². The largest absolute Gasteiger partial charge is 0.486 e. The summed E-state index contributed by atoms with van der Waals surface area (Å²) in [5, 5.41) is 0. The highest BCUT2D eigenvalue weighted by Gasteiger charge is 2.32. The zero-order valence-electron chi connectivity index (χ0n) is 15.8. The Morgan fingerprint density at radius 2 is 1.68 bits per heavy atom. The van der Waals surface area contributed by atoms with Gasteiger partial charge in [0, 0.05) is 42.0 Å². The molecule has 0 spiro atoms. The normalized spacial score (nSPS) is 17.6. The van der Waals surface area contributed by atoms with Crippen LogP contribution in [0.4, 0.5) is 0 Å². The van der Waals surface area contributed by atoms with E-state index < -0.39 is 10.0 Å². The van der Waals surface area contributed by atoms with Gasteiger partial charge in [-0.3, -0.25) is 4.79 Å². The Bertz CT molecular complexity index is 1010. The molecule has 1 fully saturated rings. The summed E-state index contributed by atoms with van der Waals surface area (Å²) in [5.74, 6) is 0.977. The minimum absolute atomic E-state index is 0.0294. The number of fused-ring (bicyclic) bond motifs is 1. The van der Waals surface area contributed by atoms with Crippen molar-refractivity contribution >= 4 is 27.3 Å². The first kappa shape index (κ1) is 19.2. The first-order valence-corrected chi connectivity index (χ1v) is 11.4. The molecule has 0 atom stereocenters. The Labute approximate surface area is 168 Å². The number of benzene rings is 1. The molecule has 0 N–H and O–H groups in total. The molecule has 150 valence electrons. The Hall–Kier alpha value is -2.10. The van der Waals surface area contributed by atoms with Crippen molar-refractivity contribution in [3.63, 3.8) is 0 Å². The van der Waals surface area contributed by atoms with Gasteiger partial charge >= 0.3 is 0 Å². The van der Waals surface area contributed by atoms with E-state index in [0.717, 1.165) is 9.75 Å². The number of rotatable bonds is 3. The monoisotopic (exact) mass is 422 g/mol. The van der Waals surface area contributed by atoms with E-state index in [-0.39, 0.29) is 23.9 Å². The van der Waals surface area contributed by atoms with Crippen molar-refractivity contribution in [2.24, 2.45) is 0 Å². The van der Waals surface area contributed by atoms with Crippen LogP contribution in [0.3, 0.4) is 0 Å². The zero-order valence-corrected chi connectivity index (χ0v) is 17.4. The molecule has 3 heterocycles. The number of nitrogens with zero attached hydrogens (tertiary/aromatic N) is 2. The van der Waals surface area contributed by atoms with Gasteiger partial charge in [-0.2, -0.15) is 4.31 Å². The van der Waals surface area contributed by atoms with Crippen LogP contribution < -0.4 is 9.47 Å². The topological polar surface area (TPSA) is 76.2 Å². The van der Waals surface area contributed by atoms with E-state index in [1.54, 1.807) is 22.3 Å². The molecular weight excluding hydrogens is 400 g/mol. The van der Waals surface area contributed by atoms with Crippen LogP contribution in [0, 0.1) is 13.8 Å². The van der Waals surface area contributed by atoms with E-state index in [1.807, 2.05) is 19.9 Å². The molecule has 0 saturated carbocycles. The molecule has 0 unspecified atom stereocenters. The maximum Gasteiger partial charge on any atom is 0.255 e. The summed E-state index contributed by atoms with van der Waals surface area (Å²) in [5.41, 5.74) is 0.714. The standard InChI is InChI=1S/C19H22N2O5S2/c1-13-11-16(14(2)27-13)19(22)20-5-7-21(8-6-20)28(23,24)15-3-4-17-18(12-15)26-10-9-25-17/h3-4,11-12H,5-10H2,1-2H3. The van der Waals surface area contributed by atoms with Crippen LogP contribution in [0.2, 0.25) is 0 Å². The molecule has 1 aromatic heterocycles. The molecule has 4 rings (SSSR count). The number of carbonyl (C=O) groups is 1. The highest BCUT2D eigenvalue weighted by Crippen LogP contribution is 2.33. The molecular formula is C19H22N2O5S2. The number of sulfonamides is 1. The third-order valence-corrected chi connectivity index (χ3v) is 7.81. The van der Waals surface area contributed by atoms with Gasteiger partial charge in [-0.1, -0.05) is 0 Å².